The van der Waals surface area contributed by atoms with Gasteiger partial charge in [0.2, 0.25) is 0 Å². The van der Waals surface area contributed by atoms with Crippen molar-refractivity contribution in [3.05, 3.63) is 120 Å². The minimum atomic E-state index is -0.843. The van der Waals surface area contributed by atoms with Gasteiger partial charge < -0.3 is 9.47 Å². The monoisotopic (exact) mass is 535 g/mol. The van der Waals surface area contributed by atoms with E-state index in [-0.39, 0.29) is 17.5 Å². The molecule has 0 saturated carbocycles. The third-order valence-corrected chi connectivity index (χ3v) is 8.82. The molecule has 0 radical (unpaired) electrons. The Hall–Kier alpha value is -3.94. The Balaban J connectivity index is 1.52. The van der Waals surface area contributed by atoms with Gasteiger partial charge in [0.15, 0.2) is 26.9 Å². The maximum absolute atomic E-state index is 12.9. The maximum atomic E-state index is 12.9. The van der Waals surface area contributed by atoms with Crippen LogP contribution in [0.25, 0.3) is 0 Å². The molecule has 0 amide bonds. The lowest BCUT2D eigenvalue weighted by molar-refractivity contribution is -0.157. The number of carbonyl (C=O) groups excluding carboxylic acids is 1. The van der Waals surface area contributed by atoms with Gasteiger partial charge in [-0.3, -0.25) is 0 Å². The summed E-state index contributed by atoms with van der Waals surface area (Å²) < 4.78 is 12.0. The van der Waals surface area contributed by atoms with E-state index in [2.05, 4.69) is 72.5 Å². The summed E-state index contributed by atoms with van der Waals surface area (Å²) in [6.45, 7) is 7.87. The van der Waals surface area contributed by atoms with Crippen LogP contribution in [0.15, 0.2) is 118 Å². The third-order valence-electron chi connectivity index (χ3n) is 6.62. The number of hydrogen-bond acceptors (Lipinski definition) is 3. The lowest BCUT2D eigenvalue weighted by Gasteiger charge is -2.26. The van der Waals surface area contributed by atoms with Crippen molar-refractivity contribution in [2.45, 2.75) is 60.8 Å². The molecule has 198 valence electrons. The van der Waals surface area contributed by atoms with E-state index < -0.39 is 11.6 Å². The number of hydrogen-bond donors (Lipinski definition) is 0. The topological polar surface area (TPSA) is 35.5 Å². The molecule has 0 atom stereocenters. The Labute approximate surface area is 235 Å². The second kappa shape index (κ2) is 13.2. The van der Waals surface area contributed by atoms with Crippen molar-refractivity contribution < 1.29 is 14.3 Å². The lowest BCUT2D eigenvalue weighted by Crippen LogP contribution is -2.34. The van der Waals surface area contributed by atoms with Gasteiger partial charge in [-0.25, -0.2) is 4.79 Å². The molecule has 4 aromatic rings. The fourth-order valence-electron chi connectivity index (χ4n) is 4.46. The van der Waals surface area contributed by atoms with E-state index in [1.54, 1.807) is 0 Å². The van der Waals surface area contributed by atoms with Crippen molar-refractivity contribution >= 4 is 16.9 Å². The van der Waals surface area contributed by atoms with Crippen molar-refractivity contribution in [2.75, 3.05) is 6.61 Å². The Morgan fingerprint density at radius 1 is 0.744 bits per heavy atom. The van der Waals surface area contributed by atoms with Crippen LogP contribution in [0.5, 0.6) is 5.75 Å². The molecule has 0 heterocycles. The Morgan fingerprint density at radius 2 is 1.23 bits per heavy atom. The standard InChI is InChI=1S/C35H35O3S/c1-5-35(6-2,23-22-29-16-10-7-11-17-29)38-33(36)26-37-34-27(3)24-32(25-28(34)4)39(30-18-12-8-13-19-30)31-20-14-9-15-21-31/h7-21,24-25H,5-6,26H2,1-4H3/q+1. The van der Waals surface area contributed by atoms with E-state index in [1.165, 1.54) is 14.7 Å². The van der Waals surface area contributed by atoms with E-state index in [1.807, 2.05) is 70.2 Å². The summed E-state index contributed by atoms with van der Waals surface area (Å²) in [7, 11) is -0.253. The first-order valence-electron chi connectivity index (χ1n) is 13.3. The fraction of sp³-hybridized carbons (Fsp3) is 0.229. The zero-order chi connectivity index (χ0) is 27.7. The number of benzene rings is 4. The zero-order valence-electron chi connectivity index (χ0n) is 23.1. The van der Waals surface area contributed by atoms with Crippen molar-refractivity contribution in [1.29, 1.82) is 0 Å². The van der Waals surface area contributed by atoms with Crippen molar-refractivity contribution in [3.8, 4) is 17.6 Å². The van der Waals surface area contributed by atoms with Crippen LogP contribution in [0.3, 0.4) is 0 Å². The van der Waals surface area contributed by atoms with Gasteiger partial charge in [0.1, 0.15) is 5.75 Å². The predicted octanol–water partition coefficient (Wildman–Crippen LogP) is 7.93. The number of aryl methyl sites for hydroxylation is 2. The largest absolute Gasteiger partial charge is 0.481 e. The average Bonchev–Trinajstić information content (AvgIpc) is 2.97. The third kappa shape index (κ3) is 7.13. The minimum Gasteiger partial charge on any atom is -0.481 e. The number of rotatable bonds is 9. The van der Waals surface area contributed by atoms with E-state index in [0.717, 1.165) is 16.7 Å². The Bertz CT molecular complexity index is 1370. The highest BCUT2D eigenvalue weighted by Gasteiger charge is 2.31. The van der Waals surface area contributed by atoms with Crippen LogP contribution in [0.2, 0.25) is 0 Å². The van der Waals surface area contributed by atoms with E-state index >= 15 is 0 Å². The highest BCUT2D eigenvalue weighted by molar-refractivity contribution is 7.97. The highest BCUT2D eigenvalue weighted by atomic mass is 32.2. The lowest BCUT2D eigenvalue weighted by atomic mass is 9.97. The molecule has 3 nitrogen and oxygen atoms in total. The molecule has 0 aromatic heterocycles. The van der Waals surface area contributed by atoms with Crippen LogP contribution in [0.4, 0.5) is 0 Å². The fourth-order valence-corrected chi connectivity index (χ4v) is 6.72. The van der Waals surface area contributed by atoms with Crippen LogP contribution < -0.4 is 4.74 Å². The van der Waals surface area contributed by atoms with Crippen LogP contribution in [-0.2, 0) is 20.4 Å². The summed E-state index contributed by atoms with van der Waals surface area (Å²) in [5, 5.41) is 0. The number of esters is 1. The van der Waals surface area contributed by atoms with E-state index in [0.29, 0.717) is 18.6 Å². The molecule has 4 heteroatoms. The molecule has 0 spiro atoms. The van der Waals surface area contributed by atoms with Crippen molar-refractivity contribution in [1.82, 2.24) is 0 Å². The van der Waals surface area contributed by atoms with Crippen LogP contribution >= 0.6 is 0 Å². The Kier molecular flexibility index (Phi) is 9.52. The minimum absolute atomic E-state index is 0.168. The molecule has 39 heavy (non-hydrogen) atoms. The normalized spacial score (nSPS) is 11.0. The number of carbonyl (C=O) groups is 1. The smallest absolute Gasteiger partial charge is 0.345 e. The van der Waals surface area contributed by atoms with Gasteiger partial charge in [0.25, 0.3) is 0 Å². The van der Waals surface area contributed by atoms with Gasteiger partial charge in [-0.15, -0.1) is 0 Å². The zero-order valence-corrected chi connectivity index (χ0v) is 23.9. The second-order valence-corrected chi connectivity index (χ2v) is 11.4. The van der Waals surface area contributed by atoms with Gasteiger partial charge in [0.05, 0.1) is 10.9 Å². The molecule has 0 aliphatic heterocycles. The van der Waals surface area contributed by atoms with Crippen molar-refractivity contribution in [2.24, 2.45) is 0 Å². The first-order chi connectivity index (χ1) is 18.9. The van der Waals surface area contributed by atoms with Gasteiger partial charge in [-0.1, -0.05) is 74.4 Å². The molecule has 0 aliphatic carbocycles. The first-order valence-corrected chi connectivity index (χ1v) is 14.6. The molecule has 0 fully saturated rings. The van der Waals surface area contributed by atoms with Crippen molar-refractivity contribution in [3.63, 3.8) is 0 Å². The van der Waals surface area contributed by atoms with Gasteiger partial charge in [-0.05, 0) is 80.1 Å². The molecule has 0 saturated heterocycles. The van der Waals surface area contributed by atoms with Crippen LogP contribution in [-0.4, -0.2) is 18.2 Å². The second-order valence-electron chi connectivity index (χ2n) is 9.40. The number of ether oxygens (including phenoxy) is 2. The summed E-state index contributed by atoms with van der Waals surface area (Å²) in [6.07, 6.45) is 1.20. The molecule has 0 bridgehead atoms. The molecule has 4 aromatic carbocycles. The average molecular weight is 536 g/mol. The van der Waals surface area contributed by atoms with E-state index in [9.17, 15) is 4.79 Å². The summed E-state index contributed by atoms with van der Waals surface area (Å²) >= 11 is 0. The van der Waals surface area contributed by atoms with Gasteiger partial charge in [0, 0.05) is 17.7 Å². The first kappa shape index (κ1) is 28.1. The highest BCUT2D eigenvalue weighted by Crippen LogP contribution is 2.35. The summed E-state index contributed by atoms with van der Waals surface area (Å²) in [5.74, 6) is 6.66. The summed E-state index contributed by atoms with van der Waals surface area (Å²) in [4.78, 5) is 16.6. The quantitative estimate of drug-likeness (QED) is 0.124. The molecule has 0 aliphatic rings. The molecule has 4 rings (SSSR count). The van der Waals surface area contributed by atoms with Gasteiger partial charge >= 0.3 is 5.97 Å². The summed E-state index contributed by atoms with van der Waals surface area (Å²) in [6, 6.07) is 35.2. The van der Waals surface area contributed by atoms with Crippen LogP contribution in [0, 0.1) is 25.7 Å². The maximum Gasteiger partial charge on any atom is 0.345 e. The molecular weight excluding hydrogens is 500 g/mol. The molecule has 0 N–H and O–H groups in total. The summed E-state index contributed by atoms with van der Waals surface area (Å²) in [5.41, 5.74) is 2.03. The van der Waals surface area contributed by atoms with Gasteiger partial charge in [-0.2, -0.15) is 0 Å². The SMILES string of the molecule is CCC(C#Cc1ccccc1)(CC)OC(=O)COc1c(C)cc([S+](c2ccccc2)c2ccccc2)cc1C. The predicted molar refractivity (Wildman–Crippen MR) is 159 cm³/mol. The molecular formula is C35H35O3S+. The van der Waals surface area contributed by atoms with E-state index in [4.69, 9.17) is 9.47 Å². The van der Waals surface area contributed by atoms with Crippen LogP contribution in [0.1, 0.15) is 43.4 Å². The Morgan fingerprint density at radius 3 is 1.72 bits per heavy atom. The molecule has 0 unspecified atom stereocenters.